The van der Waals surface area contributed by atoms with Crippen LogP contribution in [0.15, 0.2) is 41.2 Å². The predicted molar refractivity (Wildman–Crippen MR) is 101 cm³/mol. The standard InChI is InChI=1S/C20H21N3O3/c1-12-8-16-17(9-13(12)2)23(3)20(25)18(22-16)19(24)21-11-14-6-5-7-15(10-14)26-4/h5-10H,11H2,1-4H3,(H,21,24). The molecule has 1 heterocycles. The summed E-state index contributed by atoms with van der Waals surface area (Å²) in [4.78, 5) is 29.4. The second kappa shape index (κ2) is 7.00. The van der Waals surface area contributed by atoms with Gasteiger partial charge < -0.3 is 14.6 Å². The molecule has 6 heteroatoms. The number of methoxy groups -OCH3 is 1. The minimum atomic E-state index is -0.492. The molecule has 26 heavy (non-hydrogen) atoms. The molecule has 1 amide bonds. The summed E-state index contributed by atoms with van der Waals surface area (Å²) >= 11 is 0. The van der Waals surface area contributed by atoms with E-state index in [1.807, 2.05) is 50.2 Å². The second-order valence-electron chi connectivity index (χ2n) is 6.28. The largest absolute Gasteiger partial charge is 0.497 e. The number of hydrogen-bond donors (Lipinski definition) is 1. The first-order valence-corrected chi connectivity index (χ1v) is 8.30. The summed E-state index contributed by atoms with van der Waals surface area (Å²) in [6.07, 6.45) is 0. The van der Waals surface area contributed by atoms with E-state index in [1.54, 1.807) is 14.2 Å². The molecule has 3 aromatic rings. The van der Waals surface area contributed by atoms with Crippen LogP contribution in [0.25, 0.3) is 11.0 Å². The highest BCUT2D eigenvalue weighted by molar-refractivity contribution is 5.94. The summed E-state index contributed by atoms with van der Waals surface area (Å²) in [5, 5.41) is 2.75. The quantitative estimate of drug-likeness (QED) is 0.784. The van der Waals surface area contributed by atoms with E-state index in [2.05, 4.69) is 10.3 Å². The first-order chi connectivity index (χ1) is 12.4. The molecule has 3 rings (SSSR count). The second-order valence-corrected chi connectivity index (χ2v) is 6.28. The number of carbonyl (C=O) groups is 1. The highest BCUT2D eigenvalue weighted by Gasteiger charge is 2.16. The Morgan fingerprint density at radius 3 is 2.65 bits per heavy atom. The third kappa shape index (κ3) is 3.31. The van der Waals surface area contributed by atoms with Gasteiger partial charge in [-0.15, -0.1) is 0 Å². The highest BCUT2D eigenvalue weighted by Crippen LogP contribution is 2.16. The van der Waals surface area contributed by atoms with Gasteiger partial charge in [-0.2, -0.15) is 0 Å². The van der Waals surface area contributed by atoms with Crippen molar-refractivity contribution >= 4 is 16.9 Å². The molecule has 0 aliphatic carbocycles. The fourth-order valence-corrected chi connectivity index (χ4v) is 2.78. The van der Waals surface area contributed by atoms with Crippen LogP contribution in [0, 0.1) is 13.8 Å². The lowest BCUT2D eigenvalue weighted by molar-refractivity contribution is 0.0944. The molecule has 1 N–H and O–H groups in total. The van der Waals surface area contributed by atoms with Crippen LogP contribution < -0.4 is 15.6 Å². The third-order valence-electron chi connectivity index (χ3n) is 4.49. The van der Waals surface area contributed by atoms with Crippen LogP contribution in [0.4, 0.5) is 0 Å². The SMILES string of the molecule is COc1cccc(CNC(=O)c2nc3cc(C)c(C)cc3n(C)c2=O)c1. The van der Waals surface area contributed by atoms with Gasteiger partial charge in [-0.25, -0.2) is 4.98 Å². The molecule has 0 saturated carbocycles. The number of nitrogens with one attached hydrogen (secondary N) is 1. The Kier molecular flexibility index (Phi) is 4.75. The molecule has 134 valence electrons. The minimum Gasteiger partial charge on any atom is -0.497 e. The van der Waals surface area contributed by atoms with Gasteiger partial charge in [-0.05, 0) is 54.8 Å². The van der Waals surface area contributed by atoms with Gasteiger partial charge in [0.25, 0.3) is 11.5 Å². The summed E-state index contributed by atoms with van der Waals surface area (Å²) < 4.78 is 6.64. The lowest BCUT2D eigenvalue weighted by Crippen LogP contribution is -2.33. The number of carbonyl (C=O) groups excluding carboxylic acids is 1. The van der Waals surface area contributed by atoms with Gasteiger partial charge in [0.1, 0.15) is 5.75 Å². The van der Waals surface area contributed by atoms with Crippen LogP contribution in [0.3, 0.4) is 0 Å². The van der Waals surface area contributed by atoms with Crippen LogP contribution in [-0.4, -0.2) is 22.6 Å². The zero-order chi connectivity index (χ0) is 18.8. The summed E-state index contributed by atoms with van der Waals surface area (Å²) in [7, 11) is 3.24. The van der Waals surface area contributed by atoms with E-state index in [4.69, 9.17) is 4.74 Å². The Morgan fingerprint density at radius 2 is 1.92 bits per heavy atom. The van der Waals surface area contributed by atoms with Crippen LogP contribution in [0.1, 0.15) is 27.2 Å². The average molecular weight is 351 g/mol. The smallest absolute Gasteiger partial charge is 0.282 e. The van der Waals surface area contributed by atoms with Crippen LogP contribution in [-0.2, 0) is 13.6 Å². The van der Waals surface area contributed by atoms with Crippen molar-refractivity contribution in [2.45, 2.75) is 20.4 Å². The molecular weight excluding hydrogens is 330 g/mol. The van der Waals surface area contributed by atoms with Crippen LogP contribution in [0.5, 0.6) is 5.75 Å². The van der Waals surface area contributed by atoms with E-state index < -0.39 is 11.5 Å². The van der Waals surface area contributed by atoms with Crippen molar-refractivity contribution in [2.75, 3.05) is 7.11 Å². The van der Waals surface area contributed by atoms with E-state index in [1.165, 1.54) is 4.57 Å². The molecule has 0 aliphatic heterocycles. The van der Waals surface area contributed by atoms with Gasteiger partial charge in [0.05, 0.1) is 18.1 Å². The molecule has 0 aliphatic rings. The van der Waals surface area contributed by atoms with Crippen molar-refractivity contribution in [1.29, 1.82) is 0 Å². The van der Waals surface area contributed by atoms with Crippen molar-refractivity contribution in [3.8, 4) is 5.75 Å². The number of amides is 1. The first kappa shape index (κ1) is 17.7. The van der Waals surface area contributed by atoms with Crippen LogP contribution in [0.2, 0.25) is 0 Å². The van der Waals surface area contributed by atoms with E-state index in [0.29, 0.717) is 16.8 Å². The number of benzene rings is 2. The van der Waals surface area contributed by atoms with Crippen molar-refractivity contribution in [2.24, 2.45) is 7.05 Å². The summed E-state index contributed by atoms with van der Waals surface area (Å²) in [5.41, 5.74) is 3.83. The lowest BCUT2D eigenvalue weighted by atomic mass is 10.1. The van der Waals surface area contributed by atoms with Gasteiger partial charge in [-0.1, -0.05) is 12.1 Å². The minimum absolute atomic E-state index is 0.105. The maximum atomic E-state index is 12.6. The Bertz CT molecular complexity index is 1050. The van der Waals surface area contributed by atoms with Crippen molar-refractivity contribution in [3.63, 3.8) is 0 Å². The monoisotopic (exact) mass is 351 g/mol. The molecule has 0 radical (unpaired) electrons. The molecule has 6 nitrogen and oxygen atoms in total. The summed E-state index contributed by atoms with van der Waals surface area (Å²) in [5.74, 6) is 0.218. The van der Waals surface area contributed by atoms with Crippen LogP contribution >= 0.6 is 0 Å². The Labute approximate surface area is 151 Å². The number of fused-ring (bicyclic) bond motifs is 1. The molecule has 1 aromatic heterocycles. The van der Waals surface area contributed by atoms with Gasteiger partial charge in [0.2, 0.25) is 0 Å². The molecule has 0 unspecified atom stereocenters. The maximum Gasteiger partial charge on any atom is 0.282 e. The Balaban J connectivity index is 1.91. The molecule has 0 fully saturated rings. The topological polar surface area (TPSA) is 73.2 Å². The predicted octanol–water partition coefficient (Wildman–Crippen LogP) is 2.49. The number of ether oxygens (including phenoxy) is 1. The summed E-state index contributed by atoms with van der Waals surface area (Å²) in [6.45, 7) is 4.24. The molecule has 0 spiro atoms. The lowest BCUT2D eigenvalue weighted by Gasteiger charge is -2.11. The zero-order valence-electron chi connectivity index (χ0n) is 15.3. The zero-order valence-corrected chi connectivity index (χ0v) is 15.3. The molecule has 0 atom stereocenters. The maximum absolute atomic E-state index is 12.6. The van der Waals surface area contributed by atoms with Crippen molar-refractivity contribution < 1.29 is 9.53 Å². The van der Waals surface area contributed by atoms with Gasteiger partial charge in [0.15, 0.2) is 5.69 Å². The molecule has 0 saturated heterocycles. The number of aryl methyl sites for hydroxylation is 3. The Hall–Kier alpha value is -3.15. The van der Waals surface area contributed by atoms with Gasteiger partial charge >= 0.3 is 0 Å². The third-order valence-corrected chi connectivity index (χ3v) is 4.49. The number of aromatic nitrogens is 2. The van der Waals surface area contributed by atoms with Gasteiger partial charge in [-0.3, -0.25) is 9.59 Å². The highest BCUT2D eigenvalue weighted by atomic mass is 16.5. The first-order valence-electron chi connectivity index (χ1n) is 8.30. The fraction of sp³-hybridized carbons (Fsp3) is 0.250. The number of nitrogens with zero attached hydrogens (tertiary/aromatic N) is 2. The normalized spacial score (nSPS) is 10.8. The fourth-order valence-electron chi connectivity index (χ4n) is 2.78. The van der Waals surface area contributed by atoms with Crippen molar-refractivity contribution in [1.82, 2.24) is 14.9 Å². The number of hydrogen-bond acceptors (Lipinski definition) is 4. The average Bonchev–Trinajstić information content (AvgIpc) is 2.64. The van der Waals surface area contributed by atoms with E-state index in [-0.39, 0.29) is 12.2 Å². The van der Waals surface area contributed by atoms with Gasteiger partial charge in [0, 0.05) is 13.6 Å². The summed E-state index contributed by atoms with van der Waals surface area (Å²) in [6, 6.07) is 11.2. The Morgan fingerprint density at radius 1 is 1.19 bits per heavy atom. The van der Waals surface area contributed by atoms with E-state index in [9.17, 15) is 9.59 Å². The molecule has 0 bridgehead atoms. The van der Waals surface area contributed by atoms with Crippen molar-refractivity contribution in [3.05, 3.63) is 69.1 Å². The molecule has 2 aromatic carbocycles. The molecular formula is C20H21N3O3. The van der Waals surface area contributed by atoms with E-state index in [0.717, 1.165) is 16.7 Å². The van der Waals surface area contributed by atoms with E-state index >= 15 is 0 Å². The number of rotatable bonds is 4.